The Balaban J connectivity index is 1.18. The number of hydrogen-bond donors (Lipinski definition) is 0. The molecule has 0 aliphatic carbocycles. The summed E-state index contributed by atoms with van der Waals surface area (Å²) in [6, 6.07) is 73.9. The van der Waals surface area contributed by atoms with Gasteiger partial charge in [0.1, 0.15) is 0 Å². The first-order chi connectivity index (χ1) is 32.4. The van der Waals surface area contributed by atoms with Crippen molar-refractivity contribution in [1.29, 1.82) is 0 Å². The molecule has 0 saturated carbocycles. The molecule has 0 nitrogen and oxygen atoms in total. The van der Waals surface area contributed by atoms with Crippen molar-refractivity contribution in [3.8, 4) is 44.5 Å². The summed E-state index contributed by atoms with van der Waals surface area (Å²) in [5.41, 5.74) is 15.5. The second-order valence-corrected chi connectivity index (χ2v) is 18.8. The predicted octanol–water partition coefficient (Wildman–Crippen LogP) is 18.8. The molecule has 0 aliphatic heterocycles. The number of fused-ring (bicyclic) bond motifs is 11. The summed E-state index contributed by atoms with van der Waals surface area (Å²) in [5.74, 6) is 0. The molecule has 0 N–H and O–H groups in total. The van der Waals surface area contributed by atoms with Gasteiger partial charge < -0.3 is 0 Å². The molecule has 66 heavy (non-hydrogen) atoms. The minimum Gasteiger partial charge on any atom is -0.0622 e. The molecule has 0 saturated heterocycles. The fourth-order valence-corrected chi connectivity index (χ4v) is 12.5. The molecule has 0 aromatic heterocycles. The van der Waals surface area contributed by atoms with E-state index in [4.69, 9.17) is 0 Å². The largest absolute Gasteiger partial charge is 0.0622 e. The molecule has 0 unspecified atom stereocenters. The van der Waals surface area contributed by atoms with Crippen LogP contribution in [0.1, 0.15) is 22.3 Å². The van der Waals surface area contributed by atoms with Crippen LogP contribution in [0, 0.1) is 27.7 Å². The number of hydrogen-bond acceptors (Lipinski definition) is 0. The highest BCUT2D eigenvalue weighted by Gasteiger charge is 2.27. The van der Waals surface area contributed by atoms with Crippen LogP contribution in [0.4, 0.5) is 0 Å². The van der Waals surface area contributed by atoms with Gasteiger partial charge in [-0.25, -0.2) is 0 Å². The molecule has 0 spiro atoms. The molecule has 0 bridgehead atoms. The van der Waals surface area contributed by atoms with Gasteiger partial charge in [-0.2, -0.15) is 0 Å². The molecule has 0 aliphatic rings. The van der Waals surface area contributed by atoms with E-state index in [1.165, 1.54) is 164 Å². The van der Waals surface area contributed by atoms with Gasteiger partial charge >= 0.3 is 0 Å². The van der Waals surface area contributed by atoms with Crippen LogP contribution in [0.2, 0.25) is 0 Å². The second kappa shape index (κ2) is 13.7. The van der Waals surface area contributed by atoms with Gasteiger partial charge in [0, 0.05) is 0 Å². The molecule has 0 radical (unpaired) electrons. The van der Waals surface area contributed by atoms with E-state index in [9.17, 15) is 0 Å². The third-order valence-electron chi connectivity index (χ3n) is 15.2. The van der Waals surface area contributed by atoms with Crippen LogP contribution in [-0.2, 0) is 0 Å². The zero-order chi connectivity index (χ0) is 43.9. The molecule has 14 aromatic carbocycles. The molecule has 0 fully saturated rings. The van der Waals surface area contributed by atoms with Gasteiger partial charge in [0.05, 0.1) is 0 Å². The molecule has 14 rings (SSSR count). The van der Waals surface area contributed by atoms with Gasteiger partial charge in [-0.3, -0.25) is 0 Å². The lowest BCUT2D eigenvalue weighted by Crippen LogP contribution is -1.93. The van der Waals surface area contributed by atoms with Crippen LogP contribution >= 0.6 is 0 Å². The minimum absolute atomic E-state index is 1.24. The van der Waals surface area contributed by atoms with E-state index in [1.807, 2.05) is 0 Å². The maximum atomic E-state index is 2.57. The number of aryl methyl sites for hydroxylation is 4. The lowest BCUT2D eigenvalue weighted by molar-refractivity contribution is 1.38. The van der Waals surface area contributed by atoms with Gasteiger partial charge in [-0.15, -0.1) is 0 Å². The van der Waals surface area contributed by atoms with Crippen LogP contribution in [-0.4, -0.2) is 0 Å². The highest BCUT2D eigenvalue weighted by molar-refractivity contribution is 6.45. The lowest BCUT2D eigenvalue weighted by Gasteiger charge is -2.19. The Bertz CT molecular complexity index is 4310. The van der Waals surface area contributed by atoms with Crippen molar-refractivity contribution in [2.45, 2.75) is 27.7 Å². The van der Waals surface area contributed by atoms with E-state index in [1.54, 1.807) is 0 Å². The van der Waals surface area contributed by atoms with Crippen molar-refractivity contribution in [2.75, 3.05) is 0 Å². The van der Waals surface area contributed by atoms with Gasteiger partial charge in [0.15, 0.2) is 0 Å². The Morgan fingerprint density at radius 1 is 0.212 bits per heavy atom. The van der Waals surface area contributed by atoms with Crippen LogP contribution in [0.25, 0.3) is 141 Å². The van der Waals surface area contributed by atoms with E-state index in [0.717, 1.165) is 0 Å². The SMILES string of the molecule is Cc1cccc(C)c1-c1ccc2c(-c3cccc4ccccc34)c3c4cc5c(cc6c7ccc(-c8c(C)cccc8C)cc7c7cccc5c76)c5cccc(c3c(-c3ccccc3)c2c1)c54. The Kier molecular flexibility index (Phi) is 7.76. The summed E-state index contributed by atoms with van der Waals surface area (Å²) in [4.78, 5) is 0. The number of rotatable bonds is 4. The average molecular weight is 837 g/mol. The molecule has 14 aromatic rings. The fraction of sp³-hybridized carbons (Fsp3) is 0.0606. The van der Waals surface area contributed by atoms with E-state index in [0.29, 0.717) is 0 Å². The summed E-state index contributed by atoms with van der Waals surface area (Å²) in [7, 11) is 0. The molecule has 0 heterocycles. The first-order valence-corrected chi connectivity index (χ1v) is 23.3. The van der Waals surface area contributed by atoms with E-state index < -0.39 is 0 Å². The van der Waals surface area contributed by atoms with Gasteiger partial charge in [0.25, 0.3) is 0 Å². The standard InChI is InChI=1S/C66H44/c1-37-15-10-16-38(2)59(37)43-29-31-46-53(33-43)48-25-13-26-49-55-36-58-63-50(54(55)35-57(46)62(48)49)27-14-28-52(63)65-61(42-20-6-5-7-21-42)56-34-44(60-39(3)17-11-18-40(60)4)30-32-51(56)64(66(58)65)47-24-12-22-41-19-8-9-23-45(41)47/h5-36H,1-4H3. The van der Waals surface area contributed by atoms with Crippen LogP contribution in [0.3, 0.4) is 0 Å². The van der Waals surface area contributed by atoms with Crippen LogP contribution < -0.4 is 0 Å². The lowest BCUT2D eigenvalue weighted by atomic mass is 9.83. The highest BCUT2D eigenvalue weighted by Crippen LogP contribution is 2.55. The third-order valence-corrected chi connectivity index (χ3v) is 15.2. The van der Waals surface area contributed by atoms with Crippen molar-refractivity contribution in [1.82, 2.24) is 0 Å². The molecule has 0 heteroatoms. The van der Waals surface area contributed by atoms with Gasteiger partial charge in [-0.05, 0) is 216 Å². The summed E-state index contributed by atoms with van der Waals surface area (Å²) in [6.45, 7) is 8.96. The quantitative estimate of drug-likeness (QED) is 0.155. The predicted molar refractivity (Wildman–Crippen MR) is 287 cm³/mol. The van der Waals surface area contributed by atoms with Gasteiger partial charge in [0.2, 0.25) is 0 Å². The second-order valence-electron chi connectivity index (χ2n) is 18.8. The normalized spacial score (nSPS) is 12.2. The monoisotopic (exact) mass is 836 g/mol. The highest BCUT2D eigenvalue weighted by atomic mass is 14.3. The van der Waals surface area contributed by atoms with Crippen LogP contribution in [0.15, 0.2) is 194 Å². The molecular formula is C66H44. The first-order valence-electron chi connectivity index (χ1n) is 23.3. The van der Waals surface area contributed by atoms with Crippen molar-refractivity contribution in [3.05, 3.63) is 216 Å². The summed E-state index contributed by atoms with van der Waals surface area (Å²) in [6.07, 6.45) is 0. The summed E-state index contributed by atoms with van der Waals surface area (Å²) in [5, 5.41) is 23.6. The van der Waals surface area contributed by atoms with Crippen molar-refractivity contribution in [2.24, 2.45) is 0 Å². The Morgan fingerprint density at radius 3 is 1.35 bits per heavy atom. The average Bonchev–Trinajstić information content (AvgIpc) is 3.84. The summed E-state index contributed by atoms with van der Waals surface area (Å²) < 4.78 is 0. The first kappa shape index (κ1) is 37.3. The van der Waals surface area contributed by atoms with E-state index in [-0.39, 0.29) is 0 Å². The molecule has 308 valence electrons. The smallest absolute Gasteiger partial charge is 0.000697 e. The van der Waals surface area contributed by atoms with Crippen LogP contribution in [0.5, 0.6) is 0 Å². The van der Waals surface area contributed by atoms with Crippen molar-refractivity contribution < 1.29 is 0 Å². The Hall–Kier alpha value is -8.06. The zero-order valence-electron chi connectivity index (χ0n) is 37.5. The molecular weight excluding hydrogens is 793 g/mol. The van der Waals surface area contributed by atoms with E-state index in [2.05, 4.69) is 222 Å². The maximum absolute atomic E-state index is 2.57. The molecule has 0 atom stereocenters. The minimum atomic E-state index is 1.24. The summed E-state index contributed by atoms with van der Waals surface area (Å²) >= 11 is 0. The van der Waals surface area contributed by atoms with E-state index >= 15 is 0 Å². The van der Waals surface area contributed by atoms with Crippen molar-refractivity contribution >= 4 is 97.0 Å². The third kappa shape index (κ3) is 5.05. The molecule has 0 amide bonds. The Morgan fingerprint density at radius 2 is 0.682 bits per heavy atom. The number of benzene rings is 12. The fourth-order valence-electron chi connectivity index (χ4n) is 12.5. The topological polar surface area (TPSA) is 0 Å². The maximum Gasteiger partial charge on any atom is -0.000697 e. The zero-order valence-corrected chi connectivity index (χ0v) is 37.5. The van der Waals surface area contributed by atoms with Crippen molar-refractivity contribution in [3.63, 3.8) is 0 Å². The van der Waals surface area contributed by atoms with Gasteiger partial charge in [-0.1, -0.05) is 170 Å². The Labute approximate surface area is 383 Å².